The molecule has 0 aromatic rings. The lowest BCUT2D eigenvalue weighted by molar-refractivity contribution is -0.305. The molecule has 0 aromatic carbocycles. The number of hydrogen-bond donors (Lipinski definition) is 4. The van der Waals surface area contributed by atoms with Crippen LogP contribution in [0.25, 0.3) is 0 Å². The van der Waals surface area contributed by atoms with Crippen LogP contribution in [0.3, 0.4) is 0 Å². The summed E-state index contributed by atoms with van der Waals surface area (Å²) in [6, 6.07) is 0. The Hall–Kier alpha value is -2.86. The molecule has 10 nitrogen and oxygen atoms in total. The number of rotatable bonds is 35. The van der Waals surface area contributed by atoms with Gasteiger partial charge in [0.2, 0.25) is 0 Å². The molecule has 0 bridgehead atoms. The van der Waals surface area contributed by atoms with Gasteiger partial charge in [0.05, 0.1) is 13.2 Å². The highest BCUT2D eigenvalue weighted by Gasteiger charge is 2.44. The van der Waals surface area contributed by atoms with Crippen LogP contribution in [0.4, 0.5) is 0 Å². The summed E-state index contributed by atoms with van der Waals surface area (Å²) in [6.07, 6.45) is 39.0. The monoisotopic (exact) mass is 803 g/mol. The van der Waals surface area contributed by atoms with Crippen molar-refractivity contribution < 1.29 is 49.0 Å². The molecule has 6 unspecified atom stereocenters. The minimum absolute atomic E-state index is 0.211. The van der Waals surface area contributed by atoms with E-state index in [2.05, 4.69) is 86.8 Å². The largest absolute Gasteiger partial charge is 0.462 e. The third-order valence-corrected chi connectivity index (χ3v) is 9.59. The van der Waals surface area contributed by atoms with E-state index in [0.717, 1.165) is 96.3 Å². The highest BCUT2D eigenvalue weighted by molar-refractivity contribution is 5.70. The number of carbonyl (C=O) groups excluding carboxylic acids is 2. The average Bonchev–Trinajstić information content (AvgIpc) is 3.21. The third kappa shape index (κ3) is 29.1. The van der Waals surface area contributed by atoms with Crippen molar-refractivity contribution in [2.45, 2.75) is 192 Å². The molecule has 0 amide bonds. The molecule has 1 aliphatic rings. The number of allylic oxidation sites excluding steroid dienone is 12. The molecule has 57 heavy (non-hydrogen) atoms. The van der Waals surface area contributed by atoms with Gasteiger partial charge in [0, 0.05) is 12.8 Å². The highest BCUT2D eigenvalue weighted by Crippen LogP contribution is 2.22. The summed E-state index contributed by atoms with van der Waals surface area (Å²) in [5.74, 6) is -0.845. The molecule has 0 saturated carbocycles. The zero-order chi connectivity index (χ0) is 41.6. The summed E-state index contributed by atoms with van der Waals surface area (Å²) in [5.41, 5.74) is 0. The van der Waals surface area contributed by atoms with E-state index in [1.54, 1.807) is 0 Å². The molecule has 1 rings (SSSR count). The van der Waals surface area contributed by atoms with E-state index >= 15 is 0 Å². The first-order chi connectivity index (χ1) is 27.8. The maximum absolute atomic E-state index is 12.8. The van der Waals surface area contributed by atoms with E-state index in [-0.39, 0.29) is 26.1 Å². The van der Waals surface area contributed by atoms with Gasteiger partial charge < -0.3 is 39.4 Å². The number of aliphatic hydroxyl groups is 4. The van der Waals surface area contributed by atoms with Crippen molar-refractivity contribution in [3.8, 4) is 0 Å². The molecule has 0 spiro atoms. The number of aliphatic hydroxyl groups excluding tert-OH is 4. The summed E-state index contributed by atoms with van der Waals surface area (Å²) >= 11 is 0. The topological polar surface area (TPSA) is 152 Å². The van der Waals surface area contributed by atoms with Crippen LogP contribution in [0.15, 0.2) is 72.9 Å². The molecular weight excluding hydrogens is 725 g/mol. The summed E-state index contributed by atoms with van der Waals surface area (Å²) in [4.78, 5) is 25.3. The van der Waals surface area contributed by atoms with E-state index < -0.39 is 55.4 Å². The zero-order valence-corrected chi connectivity index (χ0v) is 35.3. The van der Waals surface area contributed by atoms with Crippen LogP contribution in [0.5, 0.6) is 0 Å². The van der Waals surface area contributed by atoms with Crippen molar-refractivity contribution in [1.29, 1.82) is 0 Å². The van der Waals surface area contributed by atoms with Crippen molar-refractivity contribution in [3.05, 3.63) is 72.9 Å². The van der Waals surface area contributed by atoms with Crippen LogP contribution in [0.2, 0.25) is 0 Å². The fourth-order valence-electron chi connectivity index (χ4n) is 6.16. The van der Waals surface area contributed by atoms with Crippen LogP contribution in [-0.4, -0.2) is 89.0 Å². The molecule has 0 aromatic heterocycles. The molecular formula is C47H78O10. The Morgan fingerprint density at radius 1 is 0.544 bits per heavy atom. The Balaban J connectivity index is 2.36. The fourth-order valence-corrected chi connectivity index (χ4v) is 6.16. The molecule has 1 aliphatic heterocycles. The second kappa shape index (κ2) is 37.4. The first-order valence-corrected chi connectivity index (χ1v) is 22.0. The normalized spacial score (nSPS) is 21.0. The van der Waals surface area contributed by atoms with E-state index in [0.29, 0.717) is 12.8 Å². The Labute approximate surface area is 344 Å². The van der Waals surface area contributed by atoms with Crippen molar-refractivity contribution in [1.82, 2.24) is 0 Å². The predicted octanol–water partition coefficient (Wildman–Crippen LogP) is 9.22. The van der Waals surface area contributed by atoms with Crippen molar-refractivity contribution in [2.75, 3.05) is 19.8 Å². The maximum Gasteiger partial charge on any atom is 0.306 e. The van der Waals surface area contributed by atoms with E-state index in [1.807, 2.05) is 0 Å². The van der Waals surface area contributed by atoms with Gasteiger partial charge in [0.15, 0.2) is 12.4 Å². The minimum atomic E-state index is -1.60. The Kier molecular flexibility index (Phi) is 34.2. The van der Waals surface area contributed by atoms with Gasteiger partial charge >= 0.3 is 11.9 Å². The van der Waals surface area contributed by atoms with Gasteiger partial charge in [-0.05, 0) is 77.0 Å². The molecule has 0 aliphatic carbocycles. The van der Waals surface area contributed by atoms with Gasteiger partial charge in [0.25, 0.3) is 0 Å². The van der Waals surface area contributed by atoms with Gasteiger partial charge in [-0.1, -0.05) is 138 Å². The molecule has 6 atom stereocenters. The minimum Gasteiger partial charge on any atom is -0.462 e. The fraction of sp³-hybridized carbons (Fsp3) is 0.702. The molecule has 326 valence electrons. The van der Waals surface area contributed by atoms with Crippen LogP contribution < -0.4 is 0 Å². The molecule has 1 saturated heterocycles. The Morgan fingerprint density at radius 2 is 0.982 bits per heavy atom. The van der Waals surface area contributed by atoms with Crippen molar-refractivity contribution >= 4 is 11.9 Å². The van der Waals surface area contributed by atoms with Gasteiger partial charge in [-0.3, -0.25) is 9.59 Å². The van der Waals surface area contributed by atoms with E-state index in [9.17, 15) is 30.0 Å². The van der Waals surface area contributed by atoms with E-state index in [4.69, 9.17) is 18.9 Å². The lowest BCUT2D eigenvalue weighted by atomic mass is 9.99. The SMILES string of the molecule is CC/C=C\C/C=C\C/C=C\CCCCCCCCCC(=O)OC(COC(=O)CCCCCCC/C=C\C/C=C\C/C=C\CC)COC1OC(CO)C(O)C(O)C1O. The van der Waals surface area contributed by atoms with Gasteiger partial charge in [-0.25, -0.2) is 0 Å². The Morgan fingerprint density at radius 3 is 1.47 bits per heavy atom. The zero-order valence-electron chi connectivity index (χ0n) is 35.3. The van der Waals surface area contributed by atoms with Gasteiger partial charge in [-0.15, -0.1) is 0 Å². The van der Waals surface area contributed by atoms with Crippen molar-refractivity contribution in [2.24, 2.45) is 0 Å². The quantitative estimate of drug-likeness (QED) is 0.0277. The second-order valence-electron chi connectivity index (χ2n) is 14.7. The van der Waals surface area contributed by atoms with Crippen LogP contribution in [0.1, 0.15) is 155 Å². The highest BCUT2D eigenvalue weighted by atomic mass is 16.7. The standard InChI is InChI=1S/C47H78O10/c1-3-5-7-9-11-13-15-17-19-20-22-24-26-28-30-32-34-36-43(50)56-40(39-55-47-46(53)45(52)44(51)41(37-48)57-47)38-54-42(49)35-33-31-29-27-25-23-21-18-16-14-12-10-8-6-4-2/h5-8,11-14,17-19,21,40-41,44-48,51-53H,3-4,9-10,15-16,20,22-39H2,1-2H3/b7-5-,8-6-,13-11-,14-12-,19-17-,21-18-. The summed E-state index contributed by atoms with van der Waals surface area (Å²) in [5, 5.41) is 40.1. The average molecular weight is 803 g/mol. The van der Waals surface area contributed by atoms with Crippen molar-refractivity contribution in [3.63, 3.8) is 0 Å². The molecule has 4 N–H and O–H groups in total. The first kappa shape index (κ1) is 52.2. The number of esters is 2. The lowest BCUT2D eigenvalue weighted by Gasteiger charge is -2.39. The predicted molar refractivity (Wildman–Crippen MR) is 228 cm³/mol. The van der Waals surface area contributed by atoms with Crippen LogP contribution >= 0.6 is 0 Å². The lowest BCUT2D eigenvalue weighted by Crippen LogP contribution is -2.59. The number of ether oxygens (including phenoxy) is 4. The number of hydrogen-bond acceptors (Lipinski definition) is 10. The van der Waals surface area contributed by atoms with Crippen LogP contribution in [0, 0.1) is 0 Å². The summed E-state index contributed by atoms with van der Waals surface area (Å²) in [7, 11) is 0. The number of carbonyl (C=O) groups is 2. The second-order valence-corrected chi connectivity index (χ2v) is 14.7. The summed E-state index contributed by atoms with van der Waals surface area (Å²) in [6.45, 7) is 3.16. The van der Waals surface area contributed by atoms with Crippen LogP contribution in [-0.2, 0) is 28.5 Å². The van der Waals surface area contributed by atoms with Gasteiger partial charge in [-0.2, -0.15) is 0 Å². The molecule has 10 heteroatoms. The third-order valence-electron chi connectivity index (χ3n) is 9.59. The molecule has 0 radical (unpaired) electrons. The smallest absolute Gasteiger partial charge is 0.306 e. The summed E-state index contributed by atoms with van der Waals surface area (Å²) < 4.78 is 22.1. The maximum atomic E-state index is 12.8. The Bertz CT molecular complexity index is 1160. The number of unbranched alkanes of at least 4 members (excludes halogenated alkanes) is 12. The van der Waals surface area contributed by atoms with E-state index in [1.165, 1.54) is 19.3 Å². The van der Waals surface area contributed by atoms with Gasteiger partial charge in [0.1, 0.15) is 31.0 Å². The molecule has 1 fully saturated rings. The molecule has 1 heterocycles. The first-order valence-electron chi connectivity index (χ1n) is 22.0.